The molecule has 0 bridgehead atoms. The van der Waals surface area contributed by atoms with E-state index in [4.69, 9.17) is 4.74 Å². The number of aldehydes is 1. The minimum atomic E-state index is -0.159. The Morgan fingerprint density at radius 2 is 2.25 bits per heavy atom. The fourth-order valence-corrected chi connectivity index (χ4v) is 1.28. The quantitative estimate of drug-likeness (QED) is 0.365. The summed E-state index contributed by atoms with van der Waals surface area (Å²) >= 11 is 0. The lowest BCUT2D eigenvalue weighted by molar-refractivity contribution is -0.108. The highest BCUT2D eigenvalue weighted by molar-refractivity contribution is 5.62. The summed E-state index contributed by atoms with van der Waals surface area (Å²) in [5, 5.41) is 0. The van der Waals surface area contributed by atoms with Crippen molar-refractivity contribution in [2.75, 3.05) is 0 Å². The summed E-state index contributed by atoms with van der Waals surface area (Å²) in [6.07, 6.45) is 4.87. The number of epoxide rings is 1. The lowest BCUT2D eigenvalue weighted by Crippen LogP contribution is -2.09. The van der Waals surface area contributed by atoms with Gasteiger partial charge in [0.25, 0.3) is 0 Å². The van der Waals surface area contributed by atoms with Crippen molar-refractivity contribution >= 4 is 6.29 Å². The zero-order valence-corrected chi connectivity index (χ0v) is 7.96. The van der Waals surface area contributed by atoms with E-state index >= 15 is 0 Å². The van der Waals surface area contributed by atoms with Gasteiger partial charge >= 0.3 is 0 Å². The lowest BCUT2D eigenvalue weighted by Gasteiger charge is -2.01. The van der Waals surface area contributed by atoms with E-state index in [9.17, 15) is 4.79 Å². The van der Waals surface area contributed by atoms with Gasteiger partial charge in [0.2, 0.25) is 0 Å². The minimum Gasteiger partial charge on any atom is -0.358 e. The fraction of sp³-hybridized carbons (Fsp3) is 0.700. The summed E-state index contributed by atoms with van der Waals surface area (Å²) in [5.74, 6) is 0. The SMILES string of the molecule is CC(C)=CCC[C@]1(C)O[C@@H]1C=O. The molecule has 0 aliphatic carbocycles. The van der Waals surface area contributed by atoms with Crippen molar-refractivity contribution in [2.24, 2.45) is 0 Å². The molecule has 1 fully saturated rings. The highest BCUT2D eigenvalue weighted by Gasteiger charge is 2.51. The van der Waals surface area contributed by atoms with Crippen LogP contribution in [0.25, 0.3) is 0 Å². The molecule has 12 heavy (non-hydrogen) atoms. The highest BCUT2D eigenvalue weighted by atomic mass is 16.6. The van der Waals surface area contributed by atoms with Gasteiger partial charge in [0.1, 0.15) is 6.10 Å². The second-order valence-electron chi connectivity index (χ2n) is 3.81. The Kier molecular flexibility index (Phi) is 2.68. The first kappa shape index (κ1) is 9.46. The van der Waals surface area contributed by atoms with Gasteiger partial charge in [-0.3, -0.25) is 0 Å². The molecule has 1 aliphatic heterocycles. The first-order valence-corrected chi connectivity index (χ1v) is 4.35. The van der Waals surface area contributed by atoms with Crippen molar-refractivity contribution in [1.82, 2.24) is 0 Å². The molecule has 0 aromatic rings. The Bertz CT molecular complexity index is 204. The minimum absolute atomic E-state index is 0.150. The third-order valence-corrected chi connectivity index (χ3v) is 2.26. The van der Waals surface area contributed by atoms with Crippen molar-refractivity contribution in [1.29, 1.82) is 0 Å². The van der Waals surface area contributed by atoms with Gasteiger partial charge in [-0.05, 0) is 33.6 Å². The second-order valence-corrected chi connectivity index (χ2v) is 3.81. The van der Waals surface area contributed by atoms with Crippen LogP contribution in [-0.4, -0.2) is 18.0 Å². The van der Waals surface area contributed by atoms with Gasteiger partial charge in [-0.25, -0.2) is 0 Å². The van der Waals surface area contributed by atoms with Crippen molar-refractivity contribution in [3.8, 4) is 0 Å². The van der Waals surface area contributed by atoms with Gasteiger partial charge in [-0.15, -0.1) is 0 Å². The van der Waals surface area contributed by atoms with Crippen LogP contribution >= 0.6 is 0 Å². The number of rotatable bonds is 4. The molecule has 0 radical (unpaired) electrons. The van der Waals surface area contributed by atoms with Crippen LogP contribution in [-0.2, 0) is 9.53 Å². The molecule has 0 spiro atoms. The first-order valence-electron chi connectivity index (χ1n) is 4.35. The Morgan fingerprint density at radius 1 is 1.58 bits per heavy atom. The molecular formula is C10H16O2. The van der Waals surface area contributed by atoms with Gasteiger partial charge in [0, 0.05) is 0 Å². The van der Waals surface area contributed by atoms with Gasteiger partial charge in [0.15, 0.2) is 6.29 Å². The fourth-order valence-electron chi connectivity index (χ4n) is 1.28. The van der Waals surface area contributed by atoms with Crippen molar-refractivity contribution in [2.45, 2.75) is 45.3 Å². The maximum absolute atomic E-state index is 10.3. The van der Waals surface area contributed by atoms with Crippen LogP contribution in [0.2, 0.25) is 0 Å². The molecule has 1 rings (SSSR count). The molecule has 2 heteroatoms. The third-order valence-electron chi connectivity index (χ3n) is 2.26. The van der Waals surface area contributed by atoms with Crippen LogP contribution < -0.4 is 0 Å². The standard InChI is InChI=1S/C10H16O2/c1-8(2)5-4-6-10(3)9(7-11)12-10/h5,7,9H,4,6H2,1-3H3/t9-,10+/m1/s1. The summed E-state index contributed by atoms with van der Waals surface area (Å²) in [5.41, 5.74) is 1.16. The van der Waals surface area contributed by atoms with Crippen LogP contribution in [0.5, 0.6) is 0 Å². The van der Waals surface area contributed by atoms with Gasteiger partial charge < -0.3 is 9.53 Å². The van der Waals surface area contributed by atoms with E-state index in [0.29, 0.717) is 0 Å². The van der Waals surface area contributed by atoms with E-state index in [1.54, 1.807) is 0 Å². The van der Waals surface area contributed by atoms with Crippen LogP contribution in [0.15, 0.2) is 11.6 Å². The van der Waals surface area contributed by atoms with E-state index in [1.807, 2.05) is 6.92 Å². The average molecular weight is 168 g/mol. The number of allylic oxidation sites excluding steroid dienone is 2. The van der Waals surface area contributed by atoms with Crippen LogP contribution in [0.1, 0.15) is 33.6 Å². The molecule has 1 heterocycles. The number of ether oxygens (including phenoxy) is 1. The molecule has 0 aromatic heterocycles. The van der Waals surface area contributed by atoms with E-state index in [-0.39, 0.29) is 11.7 Å². The highest BCUT2D eigenvalue weighted by Crippen LogP contribution is 2.38. The summed E-state index contributed by atoms with van der Waals surface area (Å²) in [7, 11) is 0. The van der Waals surface area contributed by atoms with Crippen LogP contribution in [0, 0.1) is 0 Å². The Morgan fingerprint density at radius 3 is 2.67 bits per heavy atom. The largest absolute Gasteiger partial charge is 0.358 e. The predicted molar refractivity (Wildman–Crippen MR) is 48.0 cm³/mol. The van der Waals surface area contributed by atoms with E-state index in [1.165, 1.54) is 5.57 Å². The van der Waals surface area contributed by atoms with Crippen LogP contribution in [0.4, 0.5) is 0 Å². The molecule has 1 aliphatic rings. The zero-order valence-electron chi connectivity index (χ0n) is 7.96. The molecule has 0 N–H and O–H groups in total. The normalized spacial score (nSPS) is 32.8. The molecule has 0 saturated carbocycles. The molecule has 2 atom stereocenters. The summed E-state index contributed by atoms with van der Waals surface area (Å²) in [6, 6.07) is 0. The number of hydrogen-bond acceptors (Lipinski definition) is 2. The molecule has 0 amide bonds. The van der Waals surface area contributed by atoms with Crippen molar-refractivity contribution in [3.63, 3.8) is 0 Å². The average Bonchev–Trinajstić information content (AvgIpc) is 2.61. The first-order chi connectivity index (χ1) is 5.58. The van der Waals surface area contributed by atoms with Gasteiger partial charge in [-0.1, -0.05) is 11.6 Å². The molecule has 0 aromatic carbocycles. The van der Waals surface area contributed by atoms with Crippen molar-refractivity contribution < 1.29 is 9.53 Å². The second kappa shape index (κ2) is 3.40. The molecule has 68 valence electrons. The zero-order chi connectivity index (χ0) is 9.19. The lowest BCUT2D eigenvalue weighted by atomic mass is 10.0. The van der Waals surface area contributed by atoms with Crippen LogP contribution in [0.3, 0.4) is 0 Å². The van der Waals surface area contributed by atoms with E-state index in [2.05, 4.69) is 19.9 Å². The maximum atomic E-state index is 10.3. The van der Waals surface area contributed by atoms with Crippen molar-refractivity contribution in [3.05, 3.63) is 11.6 Å². The third kappa shape index (κ3) is 2.18. The number of carbonyl (C=O) groups excluding carboxylic acids is 1. The number of carbonyl (C=O) groups is 1. The Hall–Kier alpha value is -0.630. The van der Waals surface area contributed by atoms with E-state index in [0.717, 1.165) is 19.1 Å². The summed E-state index contributed by atoms with van der Waals surface area (Å²) in [6.45, 7) is 6.14. The Balaban J connectivity index is 2.25. The topological polar surface area (TPSA) is 29.6 Å². The maximum Gasteiger partial charge on any atom is 0.151 e. The molecule has 2 nitrogen and oxygen atoms in total. The molecule has 0 unspecified atom stereocenters. The number of hydrogen-bond donors (Lipinski definition) is 0. The van der Waals surface area contributed by atoms with Gasteiger partial charge in [0.05, 0.1) is 5.60 Å². The molecular weight excluding hydrogens is 152 g/mol. The smallest absolute Gasteiger partial charge is 0.151 e. The Labute approximate surface area is 73.6 Å². The monoisotopic (exact) mass is 168 g/mol. The van der Waals surface area contributed by atoms with Gasteiger partial charge in [-0.2, -0.15) is 0 Å². The molecule has 1 saturated heterocycles. The predicted octanol–water partition coefficient (Wildman–Crippen LogP) is 2.09. The summed E-state index contributed by atoms with van der Waals surface area (Å²) in [4.78, 5) is 10.3. The summed E-state index contributed by atoms with van der Waals surface area (Å²) < 4.78 is 5.24. The van der Waals surface area contributed by atoms with E-state index < -0.39 is 0 Å².